The van der Waals surface area contributed by atoms with Gasteiger partial charge < -0.3 is 14.3 Å². The number of nitrogens with zero attached hydrogens (tertiary/aromatic N) is 3. The molecule has 2 bridgehead atoms. The lowest BCUT2D eigenvalue weighted by Crippen LogP contribution is -2.68. The molecule has 3 aliphatic heterocycles. The van der Waals surface area contributed by atoms with Crippen molar-refractivity contribution in [2.24, 2.45) is 11.8 Å². The molecule has 2 N–H and O–H groups in total. The molecule has 2 atom stereocenters. The van der Waals surface area contributed by atoms with Crippen LogP contribution < -0.4 is 5.32 Å². The third-order valence-electron chi connectivity index (χ3n) is 7.81. The molecule has 1 aliphatic carbocycles. The summed E-state index contributed by atoms with van der Waals surface area (Å²) in [5.41, 5.74) is -1.80. The number of nitrogens with one attached hydrogen (secondary N) is 1. The number of urea groups is 1. The third kappa shape index (κ3) is 4.04. The fourth-order valence-corrected chi connectivity index (χ4v) is 5.86. The van der Waals surface area contributed by atoms with Crippen molar-refractivity contribution in [1.82, 2.24) is 10.2 Å². The Bertz CT molecular complexity index is 968. The number of aliphatic hydroxyl groups is 1. The maximum absolute atomic E-state index is 13.5. The van der Waals surface area contributed by atoms with E-state index in [4.69, 9.17) is 9.15 Å². The summed E-state index contributed by atoms with van der Waals surface area (Å²) in [4.78, 5) is 26.7. The molecule has 6 rings (SSSR count). The number of ether oxygens (including phenoxy) is 1. The van der Waals surface area contributed by atoms with E-state index in [0.29, 0.717) is 25.5 Å². The molecule has 2 aromatic rings. The normalized spacial score (nSPS) is 29.2. The molecule has 0 spiro atoms. The van der Waals surface area contributed by atoms with Crippen LogP contribution in [0.3, 0.4) is 0 Å². The van der Waals surface area contributed by atoms with Crippen molar-refractivity contribution in [3.05, 3.63) is 42.5 Å². The molecule has 2 aromatic heterocycles. The summed E-state index contributed by atoms with van der Waals surface area (Å²) >= 11 is 0. The Balaban J connectivity index is 1.34. The molecular formula is C24H31N4O5+. The minimum absolute atomic E-state index is 0.164. The quantitative estimate of drug-likeness (QED) is 0.525. The molecule has 1 saturated carbocycles. The monoisotopic (exact) mass is 455 g/mol. The molecule has 9 heteroatoms. The van der Waals surface area contributed by atoms with Crippen molar-refractivity contribution in [2.75, 3.05) is 25.0 Å². The zero-order chi connectivity index (χ0) is 22.9. The number of aromatic nitrogens is 2. The number of carbonyl (C=O) groups is 2. The standard InChI is InChI=1S/C24H30N4O5/c29-22(24(31,20-8-5-15-32-20)18-6-2-1-3-7-18)33-19-16-28(13-10-17(19)11-14-28)23(30)26-21-9-4-12-25-27-21/h4-5,8-9,12,15,17-19,31H,1-3,6-7,10-11,13-14,16H2/p+1/t17?,19-,24?,28?/m0/s1. The van der Waals surface area contributed by atoms with Gasteiger partial charge in [0.1, 0.15) is 12.3 Å². The number of anilines is 1. The van der Waals surface area contributed by atoms with E-state index in [2.05, 4.69) is 15.5 Å². The molecule has 1 unspecified atom stereocenters. The summed E-state index contributed by atoms with van der Waals surface area (Å²) in [5, 5.41) is 22.3. The van der Waals surface area contributed by atoms with Crippen LogP contribution in [0.25, 0.3) is 0 Å². The number of amides is 2. The van der Waals surface area contributed by atoms with Crippen molar-refractivity contribution < 1.29 is 28.3 Å². The van der Waals surface area contributed by atoms with E-state index >= 15 is 0 Å². The van der Waals surface area contributed by atoms with Crippen LogP contribution in [0.2, 0.25) is 0 Å². The third-order valence-corrected chi connectivity index (χ3v) is 7.81. The molecule has 5 heterocycles. The first-order valence-corrected chi connectivity index (χ1v) is 11.9. The Kier molecular flexibility index (Phi) is 5.92. The first-order chi connectivity index (χ1) is 16.0. The van der Waals surface area contributed by atoms with Gasteiger partial charge in [0.05, 0.1) is 19.4 Å². The molecule has 9 nitrogen and oxygen atoms in total. The number of hydrogen-bond acceptors (Lipinski definition) is 7. The van der Waals surface area contributed by atoms with Gasteiger partial charge in [0, 0.05) is 30.9 Å². The van der Waals surface area contributed by atoms with Crippen molar-refractivity contribution in [3.8, 4) is 0 Å². The Morgan fingerprint density at radius 3 is 2.58 bits per heavy atom. The second kappa shape index (κ2) is 8.87. The van der Waals surface area contributed by atoms with E-state index in [1.165, 1.54) is 6.26 Å². The topological polar surface area (TPSA) is 115 Å². The molecule has 2 amide bonds. The van der Waals surface area contributed by atoms with Crippen molar-refractivity contribution in [3.63, 3.8) is 0 Å². The summed E-state index contributed by atoms with van der Waals surface area (Å²) in [6.45, 7) is 1.77. The first kappa shape index (κ1) is 22.0. The number of esters is 1. The number of fused-ring (bicyclic) bond motifs is 3. The first-order valence-electron chi connectivity index (χ1n) is 11.9. The van der Waals surface area contributed by atoms with Crippen molar-refractivity contribution >= 4 is 17.8 Å². The summed E-state index contributed by atoms with van der Waals surface area (Å²) in [6.07, 6.45) is 8.71. The summed E-state index contributed by atoms with van der Waals surface area (Å²) in [6, 6.07) is 6.58. The molecule has 3 saturated heterocycles. The van der Waals surface area contributed by atoms with E-state index in [1.807, 2.05) is 0 Å². The van der Waals surface area contributed by atoms with Gasteiger partial charge in [-0.2, -0.15) is 5.10 Å². The average molecular weight is 456 g/mol. The van der Waals surface area contributed by atoms with Gasteiger partial charge in [-0.25, -0.2) is 14.1 Å². The highest BCUT2D eigenvalue weighted by Gasteiger charge is 2.55. The van der Waals surface area contributed by atoms with Gasteiger partial charge in [0.15, 0.2) is 11.9 Å². The maximum atomic E-state index is 13.5. The van der Waals surface area contributed by atoms with Crippen LogP contribution in [0, 0.1) is 11.8 Å². The van der Waals surface area contributed by atoms with E-state index in [-0.39, 0.29) is 28.1 Å². The minimum Gasteiger partial charge on any atom is -0.466 e. The number of quaternary nitrogens is 1. The number of rotatable bonds is 5. The highest BCUT2D eigenvalue weighted by atomic mass is 16.6. The van der Waals surface area contributed by atoms with E-state index in [0.717, 1.165) is 44.9 Å². The predicted molar refractivity (Wildman–Crippen MR) is 118 cm³/mol. The van der Waals surface area contributed by atoms with Gasteiger partial charge in [0.2, 0.25) is 5.60 Å². The highest BCUT2D eigenvalue weighted by molar-refractivity contribution is 5.83. The second-order valence-electron chi connectivity index (χ2n) is 9.67. The number of furan rings is 1. The SMILES string of the molecule is O=C(O[C@H]1C[N+]2(C(=O)Nc3cccnn3)CCC1CC2)C(O)(c1ccco1)C1CCCCC1. The average Bonchev–Trinajstić information content (AvgIpc) is 3.41. The van der Waals surface area contributed by atoms with Gasteiger partial charge >= 0.3 is 12.0 Å². The predicted octanol–water partition coefficient (Wildman–Crippen LogP) is 3.22. The van der Waals surface area contributed by atoms with E-state index in [9.17, 15) is 14.7 Å². The van der Waals surface area contributed by atoms with Crippen LogP contribution in [0.4, 0.5) is 10.6 Å². The van der Waals surface area contributed by atoms with Crippen molar-refractivity contribution in [1.29, 1.82) is 0 Å². The Labute approximate surface area is 192 Å². The van der Waals surface area contributed by atoms with Gasteiger partial charge in [-0.3, -0.25) is 5.32 Å². The number of hydrogen-bond donors (Lipinski definition) is 2. The Hall–Kier alpha value is -2.78. The second-order valence-corrected chi connectivity index (χ2v) is 9.67. The number of piperidine rings is 3. The molecule has 33 heavy (non-hydrogen) atoms. The minimum atomic E-state index is -1.80. The fraction of sp³-hybridized carbons (Fsp3) is 0.583. The molecule has 0 radical (unpaired) electrons. The van der Waals surface area contributed by atoms with Crippen LogP contribution in [0.1, 0.15) is 50.7 Å². The van der Waals surface area contributed by atoms with Gasteiger partial charge in [-0.15, -0.1) is 5.10 Å². The van der Waals surface area contributed by atoms with Crippen LogP contribution in [-0.4, -0.2) is 57.5 Å². The van der Waals surface area contributed by atoms with Gasteiger partial charge in [-0.1, -0.05) is 19.3 Å². The zero-order valence-corrected chi connectivity index (χ0v) is 18.7. The smallest absolute Gasteiger partial charge is 0.422 e. The molecule has 4 fully saturated rings. The van der Waals surface area contributed by atoms with E-state index < -0.39 is 17.7 Å². The Morgan fingerprint density at radius 1 is 1.12 bits per heavy atom. The van der Waals surface area contributed by atoms with E-state index in [1.54, 1.807) is 30.5 Å². The highest BCUT2D eigenvalue weighted by Crippen LogP contribution is 2.42. The molecule has 0 aromatic carbocycles. The largest absolute Gasteiger partial charge is 0.466 e. The van der Waals surface area contributed by atoms with Gasteiger partial charge in [-0.05, 0) is 37.1 Å². The lowest BCUT2D eigenvalue weighted by atomic mass is 9.75. The van der Waals surface area contributed by atoms with Crippen LogP contribution in [0.15, 0.2) is 41.1 Å². The zero-order valence-electron chi connectivity index (χ0n) is 18.7. The fourth-order valence-electron chi connectivity index (χ4n) is 5.86. The maximum Gasteiger partial charge on any atom is 0.422 e. The number of carbonyl (C=O) groups excluding carboxylic acids is 2. The lowest BCUT2D eigenvalue weighted by Gasteiger charge is -2.49. The van der Waals surface area contributed by atoms with Gasteiger partial charge in [0.25, 0.3) is 0 Å². The molecule has 176 valence electrons. The van der Waals surface area contributed by atoms with Crippen molar-refractivity contribution in [2.45, 2.75) is 56.7 Å². The Morgan fingerprint density at radius 2 is 1.91 bits per heavy atom. The van der Waals surface area contributed by atoms with Crippen LogP contribution in [-0.2, 0) is 15.1 Å². The lowest BCUT2D eigenvalue weighted by molar-refractivity contribution is -0.869. The summed E-state index contributed by atoms with van der Waals surface area (Å²) in [7, 11) is 0. The van der Waals surface area contributed by atoms with Crippen LogP contribution in [0.5, 0.6) is 0 Å². The van der Waals surface area contributed by atoms with Crippen LogP contribution >= 0.6 is 0 Å². The summed E-state index contributed by atoms with van der Waals surface area (Å²) in [5.74, 6) is -0.0687. The molecular weight excluding hydrogens is 424 g/mol. The molecule has 4 aliphatic rings. The summed E-state index contributed by atoms with van der Waals surface area (Å²) < 4.78 is 11.7.